The van der Waals surface area contributed by atoms with Gasteiger partial charge in [-0.2, -0.15) is 5.26 Å². The summed E-state index contributed by atoms with van der Waals surface area (Å²) in [6, 6.07) is 10.9. The fraction of sp³-hybridized carbons (Fsp3) is 0.0667. The number of nitrogens with zero attached hydrogens (tertiary/aromatic N) is 1. The summed E-state index contributed by atoms with van der Waals surface area (Å²) in [7, 11) is 0. The van der Waals surface area contributed by atoms with Gasteiger partial charge in [0.25, 0.3) is 5.91 Å². The van der Waals surface area contributed by atoms with Crippen LogP contribution >= 0.6 is 38.5 Å². The average Bonchev–Trinajstić information content (AvgIpc) is 2.77. The molecule has 0 aliphatic heterocycles. The summed E-state index contributed by atoms with van der Waals surface area (Å²) in [6.07, 6.45) is 1.41. The van der Waals surface area contributed by atoms with E-state index < -0.39 is 5.91 Å². The standard InChI is InChI=1S/C15H10BrIN2O2/c1-9-2-4-11(5-3-9)19-15(20)10(8-18)6-12-7-13(16)14(17)21-12/h2-7H,1H3,(H,19,20)/b10-6-. The molecule has 1 heterocycles. The molecular formula is C15H10BrIN2O2. The minimum atomic E-state index is -0.469. The number of carbonyl (C=O) groups excluding carboxylic acids is 1. The highest BCUT2D eigenvalue weighted by atomic mass is 127. The molecule has 21 heavy (non-hydrogen) atoms. The molecule has 1 aromatic heterocycles. The normalized spacial score (nSPS) is 11.0. The van der Waals surface area contributed by atoms with E-state index in [-0.39, 0.29) is 5.57 Å². The van der Waals surface area contributed by atoms with Crippen molar-refractivity contribution in [3.63, 3.8) is 0 Å². The molecule has 0 aliphatic rings. The van der Waals surface area contributed by atoms with Crippen molar-refractivity contribution in [1.29, 1.82) is 5.26 Å². The number of furan rings is 1. The van der Waals surface area contributed by atoms with Crippen molar-refractivity contribution in [3.8, 4) is 6.07 Å². The lowest BCUT2D eigenvalue weighted by Gasteiger charge is -2.04. The summed E-state index contributed by atoms with van der Waals surface area (Å²) in [4.78, 5) is 12.1. The van der Waals surface area contributed by atoms with Crippen LogP contribution in [0.4, 0.5) is 5.69 Å². The van der Waals surface area contributed by atoms with Gasteiger partial charge in [-0.25, -0.2) is 0 Å². The Morgan fingerprint density at radius 2 is 2.10 bits per heavy atom. The van der Waals surface area contributed by atoms with E-state index in [9.17, 15) is 4.79 Å². The third-order valence-electron chi connectivity index (χ3n) is 2.63. The summed E-state index contributed by atoms with van der Waals surface area (Å²) in [5, 5.41) is 11.8. The summed E-state index contributed by atoms with van der Waals surface area (Å²) >= 11 is 5.33. The van der Waals surface area contributed by atoms with Crippen LogP contribution in [0.3, 0.4) is 0 Å². The van der Waals surface area contributed by atoms with E-state index >= 15 is 0 Å². The number of carbonyl (C=O) groups is 1. The van der Waals surface area contributed by atoms with Crippen LogP contribution in [0.25, 0.3) is 6.08 Å². The number of aryl methyl sites for hydroxylation is 1. The van der Waals surface area contributed by atoms with Gasteiger partial charge < -0.3 is 9.73 Å². The molecule has 0 radical (unpaired) electrons. The first-order valence-corrected chi connectivity index (χ1v) is 7.81. The van der Waals surface area contributed by atoms with Crippen LogP contribution in [-0.4, -0.2) is 5.91 Å². The van der Waals surface area contributed by atoms with Crippen molar-refractivity contribution >= 4 is 56.2 Å². The zero-order chi connectivity index (χ0) is 15.4. The highest BCUT2D eigenvalue weighted by molar-refractivity contribution is 14.1. The number of nitriles is 1. The van der Waals surface area contributed by atoms with Crippen molar-refractivity contribution in [2.24, 2.45) is 0 Å². The minimum absolute atomic E-state index is 0.0202. The first-order valence-electron chi connectivity index (χ1n) is 5.94. The molecule has 2 aromatic rings. The summed E-state index contributed by atoms with van der Waals surface area (Å²) in [5.41, 5.74) is 1.72. The smallest absolute Gasteiger partial charge is 0.266 e. The fourth-order valence-electron chi connectivity index (χ4n) is 1.56. The predicted octanol–water partition coefficient (Wildman–Crippen LogP) is 4.50. The van der Waals surface area contributed by atoms with Gasteiger partial charge in [0, 0.05) is 34.4 Å². The maximum Gasteiger partial charge on any atom is 0.266 e. The number of halogens is 2. The number of anilines is 1. The third-order valence-corrected chi connectivity index (χ3v) is 4.76. The Hall–Kier alpha value is -1.59. The first-order chi connectivity index (χ1) is 9.99. The van der Waals surface area contributed by atoms with Crippen LogP contribution in [0.5, 0.6) is 0 Å². The molecule has 1 aromatic carbocycles. The Balaban J connectivity index is 2.19. The Morgan fingerprint density at radius 1 is 1.43 bits per heavy atom. The molecule has 4 nitrogen and oxygen atoms in total. The Morgan fingerprint density at radius 3 is 2.62 bits per heavy atom. The van der Waals surface area contributed by atoms with Crippen molar-refractivity contribution in [2.45, 2.75) is 6.92 Å². The minimum Gasteiger partial charge on any atom is -0.450 e. The largest absolute Gasteiger partial charge is 0.450 e. The molecule has 0 spiro atoms. The second-order valence-corrected chi connectivity index (χ2v) is 6.09. The Labute approximate surface area is 144 Å². The van der Waals surface area contributed by atoms with E-state index in [2.05, 4.69) is 21.2 Å². The van der Waals surface area contributed by atoms with Gasteiger partial charge in [-0.05, 0) is 41.1 Å². The van der Waals surface area contributed by atoms with Crippen molar-refractivity contribution in [2.75, 3.05) is 5.32 Å². The Bertz CT molecular complexity index is 723. The Kier molecular flexibility index (Phi) is 5.20. The number of benzene rings is 1. The molecule has 1 N–H and O–H groups in total. The van der Waals surface area contributed by atoms with E-state index in [0.717, 1.165) is 10.0 Å². The van der Waals surface area contributed by atoms with E-state index in [1.807, 2.05) is 47.7 Å². The van der Waals surface area contributed by atoms with E-state index in [1.165, 1.54) is 6.08 Å². The van der Waals surface area contributed by atoms with Gasteiger partial charge in [-0.3, -0.25) is 4.79 Å². The number of nitrogens with one attached hydrogen (secondary N) is 1. The van der Waals surface area contributed by atoms with E-state index in [0.29, 0.717) is 15.2 Å². The SMILES string of the molecule is Cc1ccc(NC(=O)/C(C#N)=C\c2cc(Br)c(I)o2)cc1. The maximum atomic E-state index is 12.1. The molecule has 1 amide bonds. The molecule has 0 unspecified atom stereocenters. The van der Waals surface area contributed by atoms with Gasteiger partial charge in [0.2, 0.25) is 0 Å². The molecule has 0 atom stereocenters. The summed E-state index contributed by atoms with van der Waals surface area (Å²) < 4.78 is 6.84. The molecule has 106 valence electrons. The molecule has 0 aliphatic carbocycles. The highest BCUT2D eigenvalue weighted by Gasteiger charge is 2.12. The molecule has 2 rings (SSSR count). The third kappa shape index (κ3) is 4.19. The first kappa shape index (κ1) is 15.8. The fourth-order valence-corrected chi connectivity index (χ4v) is 2.28. The maximum absolute atomic E-state index is 12.1. The second kappa shape index (κ2) is 6.91. The number of hydrogen-bond donors (Lipinski definition) is 1. The van der Waals surface area contributed by atoms with Crippen LogP contribution in [0.2, 0.25) is 0 Å². The molecule has 0 fully saturated rings. The number of hydrogen-bond acceptors (Lipinski definition) is 3. The monoisotopic (exact) mass is 456 g/mol. The van der Waals surface area contributed by atoms with Crippen LogP contribution in [0.15, 0.2) is 44.8 Å². The molecular weight excluding hydrogens is 447 g/mol. The lowest BCUT2D eigenvalue weighted by molar-refractivity contribution is -0.112. The molecule has 0 saturated carbocycles. The lowest BCUT2D eigenvalue weighted by atomic mass is 10.2. The van der Waals surface area contributed by atoms with E-state index in [4.69, 9.17) is 9.68 Å². The van der Waals surface area contributed by atoms with Crippen LogP contribution in [0.1, 0.15) is 11.3 Å². The van der Waals surface area contributed by atoms with Crippen LogP contribution < -0.4 is 5.32 Å². The highest BCUT2D eigenvalue weighted by Crippen LogP contribution is 2.24. The number of amides is 1. The topological polar surface area (TPSA) is 66.0 Å². The van der Waals surface area contributed by atoms with Gasteiger partial charge in [0.1, 0.15) is 17.4 Å². The zero-order valence-electron chi connectivity index (χ0n) is 11.0. The van der Waals surface area contributed by atoms with Gasteiger partial charge in [0.15, 0.2) is 3.77 Å². The predicted molar refractivity (Wildman–Crippen MR) is 92.5 cm³/mol. The van der Waals surface area contributed by atoms with Crippen molar-refractivity contribution < 1.29 is 9.21 Å². The zero-order valence-corrected chi connectivity index (χ0v) is 14.7. The molecule has 6 heteroatoms. The van der Waals surface area contributed by atoms with E-state index in [1.54, 1.807) is 18.2 Å². The lowest BCUT2D eigenvalue weighted by Crippen LogP contribution is -2.13. The van der Waals surface area contributed by atoms with Crippen molar-refractivity contribution in [1.82, 2.24) is 0 Å². The van der Waals surface area contributed by atoms with Gasteiger partial charge in [-0.1, -0.05) is 17.7 Å². The van der Waals surface area contributed by atoms with Gasteiger partial charge >= 0.3 is 0 Å². The quantitative estimate of drug-likeness (QED) is 0.420. The number of rotatable bonds is 3. The van der Waals surface area contributed by atoms with Crippen molar-refractivity contribution in [3.05, 3.63) is 55.5 Å². The van der Waals surface area contributed by atoms with Gasteiger partial charge in [-0.15, -0.1) is 0 Å². The summed E-state index contributed by atoms with van der Waals surface area (Å²) in [6.45, 7) is 1.96. The summed E-state index contributed by atoms with van der Waals surface area (Å²) in [5.74, 6) is -0.0224. The average molecular weight is 457 g/mol. The van der Waals surface area contributed by atoms with Crippen LogP contribution in [0, 0.1) is 22.0 Å². The van der Waals surface area contributed by atoms with Gasteiger partial charge in [0.05, 0.1) is 4.47 Å². The molecule has 0 bridgehead atoms. The molecule has 0 saturated heterocycles. The van der Waals surface area contributed by atoms with Crippen LogP contribution in [-0.2, 0) is 4.79 Å². The second-order valence-electron chi connectivity index (χ2n) is 4.26.